The summed E-state index contributed by atoms with van der Waals surface area (Å²) in [7, 11) is 0. The van der Waals surface area contributed by atoms with Crippen LogP contribution < -0.4 is 0 Å². The number of carbonyl (C=O) groups excluding carboxylic acids is 1. The molecule has 1 heterocycles. The van der Waals surface area contributed by atoms with Gasteiger partial charge in [0.05, 0.1) is 0 Å². The molecule has 0 radical (unpaired) electrons. The predicted octanol–water partition coefficient (Wildman–Crippen LogP) is 1.71. The molecule has 0 aliphatic heterocycles. The van der Waals surface area contributed by atoms with Gasteiger partial charge in [0.15, 0.2) is 5.78 Å². The van der Waals surface area contributed by atoms with Gasteiger partial charge in [-0.2, -0.15) is 5.21 Å². The van der Waals surface area contributed by atoms with Crippen LogP contribution in [0.4, 0.5) is 0 Å². The normalized spacial score (nSPS) is 9.40. The molecular formula is C10H12N4O. The average Bonchev–Trinajstić information content (AvgIpc) is 2.71. The summed E-state index contributed by atoms with van der Waals surface area (Å²) in [6.45, 7) is 1.53. The Bertz CT molecular complexity index is 433. The van der Waals surface area contributed by atoms with Gasteiger partial charge in [0.25, 0.3) is 0 Å². The van der Waals surface area contributed by atoms with Gasteiger partial charge in [-0.05, 0) is 12.1 Å². The van der Waals surface area contributed by atoms with E-state index in [-0.39, 0.29) is 13.2 Å². The van der Waals surface area contributed by atoms with E-state index in [4.69, 9.17) is 0 Å². The van der Waals surface area contributed by atoms with Crippen LogP contribution in [0.3, 0.4) is 0 Å². The van der Waals surface area contributed by atoms with Gasteiger partial charge in [-0.1, -0.05) is 31.7 Å². The lowest BCUT2D eigenvalue weighted by molar-refractivity contribution is 0.101. The van der Waals surface area contributed by atoms with E-state index in [1.807, 2.05) is 0 Å². The van der Waals surface area contributed by atoms with Crippen LogP contribution in [0.1, 0.15) is 24.7 Å². The lowest BCUT2D eigenvalue weighted by Gasteiger charge is -1.96. The van der Waals surface area contributed by atoms with Crippen molar-refractivity contribution in [2.75, 3.05) is 0 Å². The van der Waals surface area contributed by atoms with Crippen molar-refractivity contribution in [1.29, 1.82) is 0 Å². The summed E-state index contributed by atoms with van der Waals surface area (Å²) >= 11 is 0. The summed E-state index contributed by atoms with van der Waals surface area (Å²) in [6.07, 6.45) is 0. The van der Waals surface area contributed by atoms with Crippen molar-refractivity contribution in [3.05, 3.63) is 29.8 Å². The van der Waals surface area contributed by atoms with Crippen LogP contribution >= 0.6 is 0 Å². The summed E-state index contributed by atoms with van der Waals surface area (Å²) < 4.78 is 0. The number of rotatable bonds is 2. The Morgan fingerprint density at radius 2 is 1.93 bits per heavy atom. The zero-order chi connectivity index (χ0) is 9.97. The van der Waals surface area contributed by atoms with E-state index in [0.29, 0.717) is 11.4 Å². The number of H-pyrrole nitrogens is 1. The van der Waals surface area contributed by atoms with E-state index in [9.17, 15) is 4.79 Å². The fraction of sp³-hybridized carbons (Fsp3) is 0.200. The van der Waals surface area contributed by atoms with E-state index in [2.05, 4.69) is 20.6 Å². The summed E-state index contributed by atoms with van der Waals surface area (Å²) in [5.41, 5.74) is 1.51. The zero-order valence-corrected chi connectivity index (χ0v) is 7.56. The van der Waals surface area contributed by atoms with Gasteiger partial charge >= 0.3 is 0 Å². The van der Waals surface area contributed by atoms with Crippen molar-refractivity contribution in [2.24, 2.45) is 0 Å². The molecule has 5 heteroatoms. The fourth-order valence-corrected chi connectivity index (χ4v) is 1.14. The molecule has 0 amide bonds. The molecule has 1 aromatic heterocycles. The molecule has 1 aromatic carbocycles. The largest absolute Gasteiger partial charge is 0.295 e. The van der Waals surface area contributed by atoms with Crippen molar-refractivity contribution in [3.63, 3.8) is 0 Å². The van der Waals surface area contributed by atoms with Gasteiger partial charge in [-0.3, -0.25) is 4.79 Å². The number of benzene rings is 1. The van der Waals surface area contributed by atoms with Crippen LogP contribution in [0, 0.1) is 0 Å². The molecule has 0 fully saturated rings. The Hall–Kier alpha value is -2.04. The van der Waals surface area contributed by atoms with Crippen LogP contribution in [0.15, 0.2) is 24.3 Å². The number of carbonyl (C=O) groups is 1. The minimum Gasteiger partial charge on any atom is -0.295 e. The molecule has 0 atom stereocenters. The molecule has 0 saturated heterocycles. The molecule has 0 saturated carbocycles. The third kappa shape index (κ3) is 2.25. The van der Waals surface area contributed by atoms with E-state index in [1.54, 1.807) is 24.3 Å². The lowest BCUT2D eigenvalue weighted by atomic mass is 10.1. The number of nitrogens with zero attached hydrogens (tertiary/aromatic N) is 3. The van der Waals surface area contributed by atoms with Crippen molar-refractivity contribution < 1.29 is 4.79 Å². The number of ketones is 1. The van der Waals surface area contributed by atoms with E-state index in [1.165, 1.54) is 6.92 Å². The first-order valence-electron chi connectivity index (χ1n) is 4.12. The molecule has 1 N–H and O–H groups in total. The number of nitrogens with one attached hydrogen (secondary N) is 1. The zero-order valence-electron chi connectivity index (χ0n) is 7.56. The lowest BCUT2D eigenvalue weighted by Crippen LogP contribution is -1.91. The molecule has 0 spiro atoms. The predicted molar refractivity (Wildman–Crippen MR) is 56.3 cm³/mol. The van der Waals surface area contributed by atoms with Crippen molar-refractivity contribution in [2.45, 2.75) is 14.4 Å². The molecule has 0 bridgehead atoms. The molecular weight excluding hydrogens is 192 g/mol. The molecule has 78 valence electrons. The third-order valence-electron chi connectivity index (χ3n) is 1.89. The van der Waals surface area contributed by atoms with Crippen LogP contribution in [0.25, 0.3) is 11.4 Å². The topological polar surface area (TPSA) is 71.5 Å². The molecule has 5 nitrogen and oxygen atoms in total. The van der Waals surface area contributed by atoms with E-state index < -0.39 is 0 Å². The maximum absolute atomic E-state index is 11.0. The van der Waals surface area contributed by atoms with Crippen LogP contribution in [-0.2, 0) is 0 Å². The highest BCUT2D eigenvalue weighted by atomic mass is 16.1. The monoisotopic (exact) mass is 204 g/mol. The second kappa shape index (κ2) is 4.45. The van der Waals surface area contributed by atoms with Crippen LogP contribution in [0.5, 0.6) is 0 Å². The van der Waals surface area contributed by atoms with Crippen LogP contribution in [-0.4, -0.2) is 26.4 Å². The third-order valence-corrected chi connectivity index (χ3v) is 1.89. The van der Waals surface area contributed by atoms with Gasteiger partial charge < -0.3 is 0 Å². The van der Waals surface area contributed by atoms with E-state index in [0.717, 1.165) is 5.56 Å². The highest BCUT2D eigenvalue weighted by Gasteiger charge is 2.03. The highest BCUT2D eigenvalue weighted by Crippen LogP contribution is 2.13. The highest BCUT2D eigenvalue weighted by molar-refractivity contribution is 5.94. The maximum atomic E-state index is 11.0. The minimum atomic E-state index is 0. The van der Waals surface area contributed by atoms with Crippen molar-refractivity contribution in [1.82, 2.24) is 20.6 Å². The first-order valence-corrected chi connectivity index (χ1v) is 4.12. The number of Topliss-reactive ketones (excluding diaryl/α,β-unsaturated/α-hetero) is 1. The summed E-state index contributed by atoms with van der Waals surface area (Å²) in [6, 6.07) is 7.07. The van der Waals surface area contributed by atoms with Crippen molar-refractivity contribution in [3.8, 4) is 11.4 Å². The number of tetrazole rings is 1. The number of aromatic amines is 1. The summed E-state index contributed by atoms with van der Waals surface area (Å²) in [5, 5.41) is 13.5. The SMILES string of the molecule is C.CC(=O)c1ccc(-c2nn[nH]n2)cc1. The first kappa shape index (κ1) is 11.0. The molecule has 2 aromatic rings. The maximum Gasteiger partial charge on any atom is 0.204 e. The summed E-state index contributed by atoms with van der Waals surface area (Å²) in [5.74, 6) is 0.574. The standard InChI is InChI=1S/C9H8N4O.CH4/c1-6(14)7-2-4-8(5-3-7)9-10-12-13-11-9;/h2-5H,1H3,(H,10,11,12,13);1H4. The average molecular weight is 204 g/mol. The summed E-state index contributed by atoms with van der Waals surface area (Å²) in [4.78, 5) is 11.0. The molecule has 15 heavy (non-hydrogen) atoms. The Balaban J connectivity index is 0.00000112. The smallest absolute Gasteiger partial charge is 0.204 e. The molecule has 2 rings (SSSR count). The fourth-order valence-electron chi connectivity index (χ4n) is 1.14. The van der Waals surface area contributed by atoms with Gasteiger partial charge in [-0.15, -0.1) is 10.2 Å². The van der Waals surface area contributed by atoms with Crippen LogP contribution in [0.2, 0.25) is 0 Å². The number of aromatic nitrogens is 4. The Kier molecular flexibility index (Phi) is 3.28. The quantitative estimate of drug-likeness (QED) is 0.756. The Labute approximate surface area is 87.5 Å². The first-order chi connectivity index (χ1) is 6.77. The number of hydrogen-bond acceptors (Lipinski definition) is 4. The molecule has 0 unspecified atom stereocenters. The molecule has 0 aliphatic rings. The number of hydrogen-bond donors (Lipinski definition) is 1. The van der Waals surface area contributed by atoms with Gasteiger partial charge in [-0.25, -0.2) is 0 Å². The minimum absolute atomic E-state index is 0. The molecule has 0 aliphatic carbocycles. The second-order valence-electron chi connectivity index (χ2n) is 2.87. The van der Waals surface area contributed by atoms with Gasteiger partial charge in [0, 0.05) is 11.1 Å². The van der Waals surface area contributed by atoms with Gasteiger partial charge in [0.1, 0.15) is 0 Å². The Morgan fingerprint density at radius 3 is 2.40 bits per heavy atom. The Morgan fingerprint density at radius 1 is 1.27 bits per heavy atom. The second-order valence-corrected chi connectivity index (χ2v) is 2.87. The van der Waals surface area contributed by atoms with Crippen molar-refractivity contribution >= 4 is 5.78 Å². The van der Waals surface area contributed by atoms with Gasteiger partial charge in [0.2, 0.25) is 5.82 Å². The van der Waals surface area contributed by atoms with E-state index >= 15 is 0 Å².